The highest BCUT2D eigenvalue weighted by Crippen LogP contribution is 2.39. The molecule has 25 atom stereocenters. The van der Waals surface area contributed by atoms with Crippen molar-refractivity contribution < 1.29 is 87.3 Å². The minimum Gasteiger partial charge on any atom is -0.463 e. The van der Waals surface area contributed by atoms with Gasteiger partial charge in [0.15, 0.2) is 0 Å². The van der Waals surface area contributed by atoms with Gasteiger partial charge in [0, 0.05) is 31.6 Å². The molecule has 19 heteroatoms. The van der Waals surface area contributed by atoms with E-state index in [0.717, 1.165) is 19.3 Å². The fraction of sp³-hybridized carbons (Fsp3) is 0.803. The molecule has 90 heavy (non-hydrogen) atoms. The molecule has 0 amide bonds. The van der Waals surface area contributed by atoms with Gasteiger partial charge in [0.05, 0.1) is 78.5 Å². The van der Waals surface area contributed by atoms with Crippen LogP contribution in [0.2, 0.25) is 0 Å². The second-order valence-corrected chi connectivity index (χ2v) is 28.0. The van der Waals surface area contributed by atoms with Crippen LogP contribution in [0.5, 0.6) is 0 Å². The lowest BCUT2D eigenvalue weighted by Gasteiger charge is -2.43. The summed E-state index contributed by atoms with van der Waals surface area (Å²) < 4.78 is 49.6. The monoisotopic (exact) mass is 1300 g/mol. The summed E-state index contributed by atoms with van der Waals surface area (Å²) in [5.41, 5.74) is -1.35. The SMILES string of the molecule is C=CCC.C=CC[C@H]1OC(CO)[C@@H](O)[C@H](O)C1C.C=CC[C@H]1OC(COC(=O)C(C)(C)C)[C@@H](O)[C@H](C)C1C.C=CC[C@H]1OC(COC(=O)C(C)(C)C)[C@H](C)[C@H](O)C1C.C=CC[C@H]1OC(COC(C)=O)[C@@H](C)[C@H](C)C1C.CC(=O)OCC1O[C@H](Cl)C(C)[C@@H](C)[C@@H]1C. The first-order valence-corrected chi connectivity index (χ1v) is 33.1. The summed E-state index contributed by atoms with van der Waals surface area (Å²) in [5, 5.41) is 48.7. The Hall–Kier alpha value is -3.53. The van der Waals surface area contributed by atoms with E-state index in [1.807, 2.05) is 66.7 Å². The number of hydrogen-bond donors (Lipinski definition) is 5. The van der Waals surface area contributed by atoms with Gasteiger partial charge in [-0.25, -0.2) is 0 Å². The minimum absolute atomic E-state index is 0.00931. The first-order chi connectivity index (χ1) is 41.8. The Morgan fingerprint density at radius 3 is 1.04 bits per heavy atom. The standard InChI is InChI=1S/2C16H28O4.C14H24O3.C11H19ClO3.C10H18O4.C4H8/c1-7-8-12-10(2)14(17)11(3)13(20-12)9-19-15(18)16(4,5)6;1-7-8-12-10(2)11(3)14(17)13(20-12)9-19-15(18)16(4,5)6;1-6-7-13-10(3)9(2)11(4)14(17-13)8-16-12(5)15;1-6-7(2)10(5-14-9(4)13)15-11(12)8(6)3;1-3-4-7-6(2)9(12)10(13)8(5-11)14-7;1-3-4-2/h2*7,10-14,17H,1,8-9H2,2-6H3;6,9-11,13-14H,1,7-8H2,2-5H3;6-8,10-11H,5H2,1-4H3;3,6-13H,1,4-5H2,2H3;3H,1,4H2,2H3/t10?,11-,12+,13?,14+;10?,11-,12-,13?,14+;9-,10?,11+,13-,14?;6-,7-,8?,10?,11-;6?,7-,8?,9-,10-;/m01101./s1. The second-order valence-electron chi connectivity index (χ2n) is 27.6. The van der Waals surface area contributed by atoms with Crippen molar-refractivity contribution in [1.82, 2.24) is 0 Å². The van der Waals surface area contributed by atoms with Gasteiger partial charge in [0.1, 0.15) is 50.3 Å². The molecule has 0 bridgehead atoms. The molecular formula is C71H125ClO18. The van der Waals surface area contributed by atoms with Crippen molar-refractivity contribution in [2.45, 2.75) is 255 Å². The molecule has 18 nitrogen and oxygen atoms in total. The molecular weight excluding hydrogens is 1180 g/mol. The molecule has 5 aliphatic rings. The highest BCUT2D eigenvalue weighted by Gasteiger charge is 2.45. The quantitative estimate of drug-likeness (QED) is 0.0370. The molecule has 5 aliphatic heterocycles. The molecule has 0 aromatic rings. The second kappa shape index (κ2) is 42.7. The van der Waals surface area contributed by atoms with Crippen molar-refractivity contribution in [1.29, 1.82) is 0 Å². The summed E-state index contributed by atoms with van der Waals surface area (Å²) in [5.74, 6) is 1.80. The summed E-state index contributed by atoms with van der Waals surface area (Å²) in [4.78, 5) is 45.2. The van der Waals surface area contributed by atoms with Gasteiger partial charge < -0.3 is 68.2 Å². The van der Waals surface area contributed by atoms with Crippen molar-refractivity contribution in [3.63, 3.8) is 0 Å². The Balaban J connectivity index is 0.00000109. The third-order valence-electron chi connectivity index (χ3n) is 18.6. The van der Waals surface area contributed by atoms with Crippen LogP contribution >= 0.6 is 11.6 Å². The number of allylic oxidation sites excluding steroid dienone is 1. The van der Waals surface area contributed by atoms with E-state index < -0.39 is 47.5 Å². The highest BCUT2D eigenvalue weighted by atomic mass is 35.5. The molecule has 0 aliphatic carbocycles. The Kier molecular flexibility index (Phi) is 41.1. The van der Waals surface area contributed by atoms with Gasteiger partial charge >= 0.3 is 23.9 Å². The van der Waals surface area contributed by atoms with Crippen LogP contribution in [-0.4, -0.2) is 167 Å². The maximum absolute atomic E-state index is 11.8. The van der Waals surface area contributed by atoms with Crippen LogP contribution < -0.4 is 0 Å². The van der Waals surface area contributed by atoms with Gasteiger partial charge in [-0.05, 0) is 121 Å². The molecule has 0 radical (unpaired) electrons. The van der Waals surface area contributed by atoms with Crippen LogP contribution in [0.25, 0.3) is 0 Å². The van der Waals surface area contributed by atoms with Crippen molar-refractivity contribution in [2.75, 3.05) is 33.0 Å². The van der Waals surface area contributed by atoms with Crippen LogP contribution in [0.1, 0.15) is 171 Å². The van der Waals surface area contributed by atoms with E-state index in [0.29, 0.717) is 61.6 Å². The van der Waals surface area contributed by atoms with Gasteiger partial charge in [0.25, 0.3) is 0 Å². The normalized spacial score (nSPS) is 36.4. The van der Waals surface area contributed by atoms with Crippen molar-refractivity contribution in [3.8, 4) is 0 Å². The molecule has 5 heterocycles. The van der Waals surface area contributed by atoms with E-state index in [9.17, 15) is 39.6 Å². The number of ether oxygens (including phenoxy) is 9. The molecule has 0 spiro atoms. The summed E-state index contributed by atoms with van der Waals surface area (Å²) in [6.45, 7) is 57.5. The van der Waals surface area contributed by atoms with Crippen molar-refractivity contribution >= 4 is 35.5 Å². The smallest absolute Gasteiger partial charge is 0.311 e. The van der Waals surface area contributed by atoms with E-state index >= 15 is 0 Å². The predicted molar refractivity (Wildman–Crippen MR) is 355 cm³/mol. The number of alkyl halides is 1. The number of aliphatic hydroxyl groups is 5. The topological polar surface area (TPSA) is 252 Å². The number of hydrogen-bond acceptors (Lipinski definition) is 18. The highest BCUT2D eigenvalue weighted by molar-refractivity contribution is 6.19. The van der Waals surface area contributed by atoms with Crippen molar-refractivity contribution in [3.05, 3.63) is 63.3 Å². The zero-order chi connectivity index (χ0) is 69.7. The molecule has 5 saturated heterocycles. The molecule has 5 N–H and O–H groups in total. The Bertz CT molecular complexity index is 2040. The van der Waals surface area contributed by atoms with Gasteiger partial charge in [-0.2, -0.15) is 0 Å². The fourth-order valence-corrected chi connectivity index (χ4v) is 11.2. The van der Waals surface area contributed by atoms with Crippen LogP contribution in [0.3, 0.4) is 0 Å². The fourth-order valence-electron chi connectivity index (χ4n) is 10.8. The van der Waals surface area contributed by atoms with E-state index in [1.165, 1.54) is 13.8 Å². The molecule has 524 valence electrons. The van der Waals surface area contributed by atoms with E-state index in [1.54, 1.807) is 32.9 Å². The summed E-state index contributed by atoms with van der Waals surface area (Å²) in [6, 6.07) is 0. The average Bonchev–Trinajstić information content (AvgIpc) is 1.21. The van der Waals surface area contributed by atoms with Gasteiger partial charge in [-0.3, -0.25) is 19.2 Å². The number of carbonyl (C=O) groups is 4. The first-order valence-electron chi connectivity index (χ1n) is 32.7. The van der Waals surface area contributed by atoms with Gasteiger partial charge in [-0.15, -0.1) is 32.9 Å². The van der Waals surface area contributed by atoms with E-state index in [-0.39, 0.29) is 122 Å². The molecule has 5 fully saturated rings. The minimum atomic E-state index is -1.00. The average molecular weight is 1300 g/mol. The molecule has 0 saturated carbocycles. The van der Waals surface area contributed by atoms with Crippen LogP contribution in [0, 0.1) is 75.9 Å². The number of carbonyl (C=O) groups excluding carboxylic acids is 4. The van der Waals surface area contributed by atoms with Crippen LogP contribution in [0.15, 0.2) is 63.3 Å². The zero-order valence-electron chi connectivity index (χ0n) is 58.8. The summed E-state index contributed by atoms with van der Waals surface area (Å²) in [7, 11) is 0. The van der Waals surface area contributed by atoms with E-state index in [2.05, 4.69) is 88.3 Å². The van der Waals surface area contributed by atoms with E-state index in [4.69, 9.17) is 59.3 Å². The maximum Gasteiger partial charge on any atom is 0.311 e. The third kappa shape index (κ3) is 28.6. The Morgan fingerprint density at radius 2 is 0.678 bits per heavy atom. The largest absolute Gasteiger partial charge is 0.463 e. The van der Waals surface area contributed by atoms with Gasteiger partial charge in [-0.1, -0.05) is 125 Å². The Morgan fingerprint density at radius 1 is 0.389 bits per heavy atom. The first kappa shape index (κ1) is 86.5. The molecule has 5 rings (SSSR count). The predicted octanol–water partition coefficient (Wildman–Crippen LogP) is 11.6. The Labute approximate surface area is 548 Å². The number of halogens is 1. The lowest BCUT2D eigenvalue weighted by Crippen LogP contribution is -2.54. The lowest BCUT2D eigenvalue weighted by atomic mass is 9.76. The van der Waals surface area contributed by atoms with Crippen molar-refractivity contribution in [2.24, 2.45) is 75.9 Å². The number of rotatable bonds is 18. The third-order valence-corrected chi connectivity index (χ3v) is 19.1. The summed E-state index contributed by atoms with van der Waals surface area (Å²) >= 11 is 6.07. The molecule has 10 unspecified atom stereocenters. The van der Waals surface area contributed by atoms with Gasteiger partial charge in [0.2, 0.25) is 0 Å². The number of esters is 4. The zero-order valence-corrected chi connectivity index (χ0v) is 59.6. The maximum atomic E-state index is 11.8. The molecule has 0 aromatic carbocycles. The summed E-state index contributed by atoms with van der Waals surface area (Å²) in [6.07, 6.45) is 8.64. The lowest BCUT2D eigenvalue weighted by molar-refractivity contribution is -0.204. The van der Waals surface area contributed by atoms with Crippen LogP contribution in [-0.2, 0) is 61.8 Å². The molecule has 0 aromatic heterocycles. The number of aliphatic hydroxyl groups excluding tert-OH is 5. The van der Waals surface area contributed by atoms with Crippen LogP contribution in [0.4, 0.5) is 0 Å².